The summed E-state index contributed by atoms with van der Waals surface area (Å²) in [5, 5.41) is 0. The Morgan fingerprint density at radius 2 is 1.31 bits per heavy atom. The van der Waals surface area contributed by atoms with Gasteiger partial charge in [-0.15, -0.1) is 0 Å². The lowest BCUT2D eigenvalue weighted by Gasteiger charge is -2.58. The van der Waals surface area contributed by atoms with E-state index in [-0.39, 0.29) is 0 Å². The molecule has 4 aliphatic rings. The molecule has 4 aliphatic carbocycles. The molecule has 4 fully saturated rings. The lowest BCUT2D eigenvalue weighted by Crippen LogP contribution is -2.50. The first-order valence-corrected chi connectivity index (χ1v) is 12.2. The average molecular weight is 359 g/mol. The molecule has 0 aromatic rings. The Hall–Kier alpha value is 0. The Balaban J connectivity index is 1.68. The Morgan fingerprint density at radius 3 is 2.00 bits per heavy atom. The van der Waals surface area contributed by atoms with Crippen LogP contribution in [0.3, 0.4) is 0 Å². The van der Waals surface area contributed by atoms with Crippen LogP contribution in [-0.2, 0) is 0 Å². The summed E-state index contributed by atoms with van der Waals surface area (Å²) in [6.45, 7) is 15.8. The highest BCUT2D eigenvalue weighted by atomic mass is 14.6. The molecule has 0 aromatic heterocycles. The molecule has 0 radical (unpaired) electrons. The summed E-state index contributed by atoms with van der Waals surface area (Å²) in [4.78, 5) is 0. The molecule has 0 amide bonds. The molecular formula is C26H46. The van der Waals surface area contributed by atoms with E-state index in [2.05, 4.69) is 41.5 Å². The summed E-state index contributed by atoms with van der Waals surface area (Å²) < 4.78 is 0. The Kier molecular flexibility index (Phi) is 4.64. The minimum atomic E-state index is 0.604. The molecule has 150 valence electrons. The van der Waals surface area contributed by atoms with Crippen LogP contribution >= 0.6 is 0 Å². The summed E-state index contributed by atoms with van der Waals surface area (Å²) in [5.41, 5.74) is 2.49. The zero-order chi connectivity index (χ0) is 18.8. The first-order chi connectivity index (χ1) is 12.2. The van der Waals surface area contributed by atoms with Gasteiger partial charge in [0.1, 0.15) is 0 Å². The van der Waals surface area contributed by atoms with E-state index in [0.717, 1.165) is 23.7 Å². The quantitative estimate of drug-likeness (QED) is 0.442. The first kappa shape index (κ1) is 19.3. The summed E-state index contributed by atoms with van der Waals surface area (Å²) in [7, 11) is 0. The van der Waals surface area contributed by atoms with Gasteiger partial charge in [0.15, 0.2) is 0 Å². The van der Waals surface area contributed by atoms with Crippen LogP contribution in [0.1, 0.15) is 119 Å². The van der Waals surface area contributed by atoms with Crippen LogP contribution in [0.15, 0.2) is 0 Å². The minimum Gasteiger partial charge on any atom is -0.0649 e. The van der Waals surface area contributed by atoms with Gasteiger partial charge in [0.2, 0.25) is 0 Å². The topological polar surface area (TPSA) is 0 Å². The molecule has 0 aliphatic heterocycles. The molecule has 7 unspecified atom stereocenters. The van der Waals surface area contributed by atoms with Crippen molar-refractivity contribution in [2.45, 2.75) is 119 Å². The second kappa shape index (κ2) is 6.25. The highest BCUT2D eigenvalue weighted by molar-refractivity contribution is 5.09. The van der Waals surface area contributed by atoms with E-state index in [1.54, 1.807) is 0 Å². The van der Waals surface area contributed by atoms with Crippen LogP contribution in [0.4, 0.5) is 0 Å². The molecule has 0 N–H and O–H groups in total. The monoisotopic (exact) mass is 358 g/mol. The van der Waals surface area contributed by atoms with Crippen molar-refractivity contribution < 1.29 is 0 Å². The van der Waals surface area contributed by atoms with Crippen molar-refractivity contribution in [2.75, 3.05) is 0 Å². The molecule has 4 saturated carbocycles. The molecule has 4 rings (SSSR count). The SMILES string of the molecule is CCC1(C)CCCC2(C)C1CCCC1(C)CCCC3C(CCC12)C3(C)C. The van der Waals surface area contributed by atoms with E-state index in [9.17, 15) is 0 Å². The molecule has 26 heavy (non-hydrogen) atoms. The van der Waals surface area contributed by atoms with Gasteiger partial charge in [-0.25, -0.2) is 0 Å². The van der Waals surface area contributed by atoms with E-state index < -0.39 is 0 Å². The third-order valence-electron chi connectivity index (χ3n) is 11.1. The fraction of sp³-hybridized carbons (Fsp3) is 1.00. The van der Waals surface area contributed by atoms with Crippen LogP contribution in [0.5, 0.6) is 0 Å². The normalized spacial score (nSPS) is 53.8. The largest absolute Gasteiger partial charge is 0.0649 e. The maximum atomic E-state index is 2.77. The lowest BCUT2D eigenvalue weighted by molar-refractivity contribution is -0.0865. The number of fused-ring (bicyclic) bond motifs is 4. The molecule has 0 heterocycles. The molecule has 7 atom stereocenters. The Bertz CT molecular complexity index is 532. The van der Waals surface area contributed by atoms with Gasteiger partial charge in [0.25, 0.3) is 0 Å². The number of hydrogen-bond donors (Lipinski definition) is 0. The van der Waals surface area contributed by atoms with Crippen molar-refractivity contribution in [2.24, 2.45) is 45.3 Å². The van der Waals surface area contributed by atoms with E-state index >= 15 is 0 Å². The second-order valence-electron chi connectivity index (χ2n) is 12.5. The summed E-state index contributed by atoms with van der Waals surface area (Å²) in [6.07, 6.45) is 18.0. The molecule has 0 aromatic carbocycles. The molecule has 0 saturated heterocycles. The summed E-state index contributed by atoms with van der Waals surface area (Å²) in [5.74, 6) is 4.04. The minimum absolute atomic E-state index is 0.604. The summed E-state index contributed by atoms with van der Waals surface area (Å²) >= 11 is 0. The second-order valence-corrected chi connectivity index (χ2v) is 12.5. The zero-order valence-electron chi connectivity index (χ0n) is 18.8. The highest BCUT2D eigenvalue weighted by Gasteiger charge is 2.60. The fourth-order valence-electron chi connectivity index (χ4n) is 9.27. The predicted octanol–water partition coefficient (Wildman–Crippen LogP) is 8.25. The van der Waals surface area contributed by atoms with Crippen LogP contribution in [0.2, 0.25) is 0 Å². The average Bonchev–Trinajstić information content (AvgIpc) is 3.10. The van der Waals surface area contributed by atoms with Crippen molar-refractivity contribution >= 4 is 0 Å². The van der Waals surface area contributed by atoms with Crippen LogP contribution in [-0.4, -0.2) is 0 Å². The number of rotatable bonds is 1. The maximum absolute atomic E-state index is 2.77. The van der Waals surface area contributed by atoms with Crippen molar-refractivity contribution in [1.29, 1.82) is 0 Å². The van der Waals surface area contributed by atoms with Gasteiger partial charge in [-0.3, -0.25) is 0 Å². The van der Waals surface area contributed by atoms with Crippen molar-refractivity contribution in [3.63, 3.8) is 0 Å². The first-order valence-electron chi connectivity index (χ1n) is 12.2. The Morgan fingerprint density at radius 1 is 0.654 bits per heavy atom. The smallest absolute Gasteiger partial charge is 0.0259 e. The van der Waals surface area contributed by atoms with Crippen molar-refractivity contribution in [3.05, 3.63) is 0 Å². The van der Waals surface area contributed by atoms with Gasteiger partial charge in [-0.05, 0) is 96.7 Å². The number of hydrogen-bond acceptors (Lipinski definition) is 0. The van der Waals surface area contributed by atoms with Gasteiger partial charge < -0.3 is 0 Å². The third-order valence-corrected chi connectivity index (χ3v) is 11.1. The molecular weight excluding hydrogens is 312 g/mol. The molecule has 0 bridgehead atoms. The highest BCUT2D eigenvalue weighted by Crippen LogP contribution is 2.69. The van der Waals surface area contributed by atoms with E-state index in [4.69, 9.17) is 0 Å². The van der Waals surface area contributed by atoms with Gasteiger partial charge >= 0.3 is 0 Å². The molecule has 0 spiro atoms. The van der Waals surface area contributed by atoms with Crippen molar-refractivity contribution in [1.82, 2.24) is 0 Å². The Labute approximate surface area is 164 Å². The van der Waals surface area contributed by atoms with E-state index in [0.29, 0.717) is 21.7 Å². The van der Waals surface area contributed by atoms with Gasteiger partial charge in [0.05, 0.1) is 0 Å². The van der Waals surface area contributed by atoms with Crippen LogP contribution < -0.4 is 0 Å². The lowest BCUT2D eigenvalue weighted by atomic mass is 9.47. The van der Waals surface area contributed by atoms with Gasteiger partial charge in [-0.1, -0.05) is 67.2 Å². The maximum Gasteiger partial charge on any atom is -0.0259 e. The van der Waals surface area contributed by atoms with Crippen LogP contribution in [0, 0.1) is 45.3 Å². The molecule has 0 heteroatoms. The standard InChI is InChI=1S/C26H46/c1-7-24(4)17-10-18-26(6)21(24)12-9-16-25(5)15-8-11-19-20(23(19,2)3)13-14-22(25)26/h19-22H,7-18H2,1-6H3. The van der Waals surface area contributed by atoms with Crippen molar-refractivity contribution in [3.8, 4) is 0 Å². The van der Waals surface area contributed by atoms with Gasteiger partial charge in [0, 0.05) is 0 Å². The zero-order valence-corrected chi connectivity index (χ0v) is 18.8. The van der Waals surface area contributed by atoms with Gasteiger partial charge in [-0.2, -0.15) is 0 Å². The summed E-state index contributed by atoms with van der Waals surface area (Å²) in [6, 6.07) is 0. The van der Waals surface area contributed by atoms with E-state index in [1.807, 2.05) is 0 Å². The van der Waals surface area contributed by atoms with Crippen LogP contribution in [0.25, 0.3) is 0 Å². The van der Waals surface area contributed by atoms with E-state index in [1.165, 1.54) is 77.0 Å². The third kappa shape index (κ3) is 2.75. The molecule has 0 nitrogen and oxygen atoms in total. The fourth-order valence-corrected chi connectivity index (χ4v) is 9.27. The predicted molar refractivity (Wildman–Crippen MR) is 113 cm³/mol.